The van der Waals surface area contributed by atoms with Gasteiger partial charge >= 0.3 is 6.03 Å². The van der Waals surface area contributed by atoms with Gasteiger partial charge in [0.05, 0.1) is 13.7 Å². The third-order valence-corrected chi connectivity index (χ3v) is 4.33. The fourth-order valence-corrected chi connectivity index (χ4v) is 2.92. The summed E-state index contributed by atoms with van der Waals surface area (Å²) in [5, 5.41) is 2.92. The van der Waals surface area contributed by atoms with Crippen LogP contribution in [0.25, 0.3) is 0 Å². The molecule has 1 aliphatic rings. The summed E-state index contributed by atoms with van der Waals surface area (Å²) in [4.78, 5) is 25.2. The molecule has 0 radical (unpaired) electrons. The molecule has 2 heterocycles. The fourth-order valence-electron chi connectivity index (χ4n) is 2.92. The van der Waals surface area contributed by atoms with Crippen LogP contribution in [0.3, 0.4) is 0 Å². The van der Waals surface area contributed by atoms with E-state index in [1.807, 2.05) is 44.2 Å². The van der Waals surface area contributed by atoms with Gasteiger partial charge in [0, 0.05) is 37.9 Å². The summed E-state index contributed by atoms with van der Waals surface area (Å²) in [5.74, 6) is 2.85. The van der Waals surface area contributed by atoms with Gasteiger partial charge in [-0.2, -0.15) is 4.98 Å². The van der Waals surface area contributed by atoms with E-state index in [1.165, 1.54) is 0 Å². The third-order valence-electron chi connectivity index (χ3n) is 4.33. The van der Waals surface area contributed by atoms with E-state index in [-0.39, 0.29) is 6.03 Å². The van der Waals surface area contributed by atoms with E-state index < -0.39 is 0 Å². The smallest absolute Gasteiger partial charge is 0.321 e. The average molecular weight is 371 g/mol. The molecular weight excluding hydrogens is 346 g/mol. The first-order chi connectivity index (χ1) is 13.1. The molecule has 1 fully saturated rings. The van der Waals surface area contributed by atoms with Crippen molar-refractivity contribution in [3.8, 4) is 11.6 Å². The molecule has 8 heteroatoms. The molecule has 1 N–H and O–H groups in total. The van der Waals surface area contributed by atoms with Crippen LogP contribution in [-0.4, -0.2) is 60.8 Å². The molecule has 144 valence electrons. The van der Waals surface area contributed by atoms with Gasteiger partial charge in [-0.25, -0.2) is 9.78 Å². The monoisotopic (exact) mass is 371 g/mol. The number of anilines is 2. The van der Waals surface area contributed by atoms with Crippen molar-refractivity contribution in [2.45, 2.75) is 13.8 Å². The van der Waals surface area contributed by atoms with E-state index in [9.17, 15) is 4.79 Å². The molecule has 8 nitrogen and oxygen atoms in total. The van der Waals surface area contributed by atoms with Gasteiger partial charge in [-0.05, 0) is 38.1 Å². The van der Waals surface area contributed by atoms with E-state index >= 15 is 0 Å². The van der Waals surface area contributed by atoms with Gasteiger partial charge in [0.2, 0.25) is 5.88 Å². The number of nitrogens with one attached hydrogen (secondary N) is 1. The Balaban J connectivity index is 1.57. The zero-order valence-electron chi connectivity index (χ0n) is 15.9. The molecule has 1 aliphatic heterocycles. The molecule has 1 aromatic carbocycles. The fraction of sp³-hybridized carbons (Fsp3) is 0.421. The second-order valence-electron chi connectivity index (χ2n) is 6.18. The Morgan fingerprint density at radius 2 is 1.85 bits per heavy atom. The lowest BCUT2D eigenvalue weighted by molar-refractivity contribution is 0.208. The van der Waals surface area contributed by atoms with Gasteiger partial charge in [0.25, 0.3) is 0 Å². The molecule has 1 saturated heterocycles. The van der Waals surface area contributed by atoms with Crippen molar-refractivity contribution in [3.05, 3.63) is 36.2 Å². The quantitative estimate of drug-likeness (QED) is 0.870. The summed E-state index contributed by atoms with van der Waals surface area (Å²) in [7, 11) is 1.61. The van der Waals surface area contributed by atoms with Crippen molar-refractivity contribution in [3.63, 3.8) is 0 Å². The number of urea groups is 1. The number of aryl methyl sites for hydroxylation is 1. The Morgan fingerprint density at radius 3 is 2.48 bits per heavy atom. The number of rotatable bonds is 5. The molecule has 0 atom stereocenters. The third kappa shape index (κ3) is 4.78. The number of carbonyl (C=O) groups excluding carboxylic acids is 1. The lowest BCUT2D eigenvalue weighted by Crippen LogP contribution is -2.50. The number of benzene rings is 1. The highest BCUT2D eigenvalue weighted by molar-refractivity contribution is 5.89. The molecule has 2 aromatic rings. The second kappa shape index (κ2) is 8.57. The van der Waals surface area contributed by atoms with E-state index in [1.54, 1.807) is 12.0 Å². The Kier molecular flexibility index (Phi) is 5.95. The molecule has 0 bridgehead atoms. The molecule has 27 heavy (non-hydrogen) atoms. The minimum Gasteiger partial charge on any atom is -0.497 e. The van der Waals surface area contributed by atoms with Gasteiger partial charge in [-0.15, -0.1) is 0 Å². The summed E-state index contributed by atoms with van der Waals surface area (Å²) < 4.78 is 10.6. The van der Waals surface area contributed by atoms with E-state index in [4.69, 9.17) is 9.47 Å². The Bertz CT molecular complexity index is 773. The summed E-state index contributed by atoms with van der Waals surface area (Å²) in [6.45, 7) is 7.00. The maximum atomic E-state index is 12.5. The summed E-state index contributed by atoms with van der Waals surface area (Å²) >= 11 is 0. The molecule has 1 aromatic heterocycles. The van der Waals surface area contributed by atoms with E-state index in [0.29, 0.717) is 44.5 Å². The Morgan fingerprint density at radius 1 is 1.15 bits per heavy atom. The van der Waals surface area contributed by atoms with Crippen molar-refractivity contribution < 1.29 is 14.3 Å². The van der Waals surface area contributed by atoms with E-state index in [2.05, 4.69) is 20.2 Å². The van der Waals surface area contributed by atoms with Crippen LogP contribution in [0.5, 0.6) is 11.6 Å². The van der Waals surface area contributed by atoms with Crippen molar-refractivity contribution in [2.75, 3.05) is 50.1 Å². The molecule has 2 amide bonds. The predicted octanol–water partition coefficient (Wildman–Crippen LogP) is 2.55. The summed E-state index contributed by atoms with van der Waals surface area (Å²) in [6.07, 6.45) is 0. The first-order valence-electron chi connectivity index (χ1n) is 9.02. The first kappa shape index (κ1) is 18.8. The van der Waals surface area contributed by atoms with E-state index in [0.717, 1.165) is 17.3 Å². The molecular formula is C19H25N5O3. The zero-order valence-corrected chi connectivity index (χ0v) is 15.9. The van der Waals surface area contributed by atoms with Gasteiger partial charge in [-0.1, -0.05) is 0 Å². The number of hydrogen-bond donors (Lipinski definition) is 1. The number of amides is 2. The summed E-state index contributed by atoms with van der Waals surface area (Å²) in [5.41, 5.74) is 0.746. The number of nitrogens with zero attached hydrogens (tertiary/aromatic N) is 4. The topological polar surface area (TPSA) is 79.8 Å². The molecule has 3 rings (SSSR count). The van der Waals surface area contributed by atoms with Crippen LogP contribution in [0.1, 0.15) is 12.7 Å². The highest BCUT2D eigenvalue weighted by Crippen LogP contribution is 2.20. The zero-order chi connectivity index (χ0) is 19.2. The SMILES string of the molecule is CCOc1cc(N2CCN(C(=O)Nc3ccc(OC)cc3)CC2)nc(C)n1. The van der Waals surface area contributed by atoms with Crippen LogP contribution in [0.2, 0.25) is 0 Å². The number of aromatic nitrogens is 2. The van der Waals surface area contributed by atoms with Crippen LogP contribution in [0, 0.1) is 6.92 Å². The Hall–Kier alpha value is -3.03. The van der Waals surface area contributed by atoms with Crippen LogP contribution < -0.4 is 19.7 Å². The predicted molar refractivity (Wildman–Crippen MR) is 104 cm³/mol. The van der Waals surface area contributed by atoms with Gasteiger partial charge in [-0.3, -0.25) is 0 Å². The number of hydrogen-bond acceptors (Lipinski definition) is 6. The van der Waals surface area contributed by atoms with Crippen LogP contribution >= 0.6 is 0 Å². The van der Waals surface area contributed by atoms with Crippen LogP contribution in [-0.2, 0) is 0 Å². The average Bonchev–Trinajstić information content (AvgIpc) is 2.68. The number of carbonyl (C=O) groups is 1. The van der Waals surface area contributed by atoms with Crippen molar-refractivity contribution >= 4 is 17.5 Å². The van der Waals surface area contributed by atoms with Crippen LogP contribution in [0.4, 0.5) is 16.3 Å². The van der Waals surface area contributed by atoms with Crippen molar-refractivity contribution in [2.24, 2.45) is 0 Å². The largest absolute Gasteiger partial charge is 0.497 e. The van der Waals surface area contributed by atoms with Crippen molar-refractivity contribution in [1.82, 2.24) is 14.9 Å². The van der Waals surface area contributed by atoms with Crippen LogP contribution in [0.15, 0.2) is 30.3 Å². The normalized spacial score (nSPS) is 14.0. The first-order valence-corrected chi connectivity index (χ1v) is 9.02. The highest BCUT2D eigenvalue weighted by Gasteiger charge is 2.22. The number of methoxy groups -OCH3 is 1. The number of ether oxygens (including phenoxy) is 2. The molecule has 0 saturated carbocycles. The maximum absolute atomic E-state index is 12.5. The second-order valence-corrected chi connectivity index (χ2v) is 6.18. The minimum atomic E-state index is -0.103. The standard InChI is InChI=1S/C19H25N5O3/c1-4-27-18-13-17(20-14(2)21-18)23-9-11-24(12-10-23)19(25)22-15-5-7-16(26-3)8-6-15/h5-8,13H,4,9-12H2,1-3H3,(H,22,25). The lowest BCUT2D eigenvalue weighted by atomic mass is 10.3. The highest BCUT2D eigenvalue weighted by atomic mass is 16.5. The lowest BCUT2D eigenvalue weighted by Gasteiger charge is -2.35. The van der Waals surface area contributed by atoms with Crippen molar-refractivity contribution in [1.29, 1.82) is 0 Å². The minimum absolute atomic E-state index is 0.103. The van der Waals surface area contributed by atoms with Gasteiger partial charge in [0.1, 0.15) is 17.4 Å². The Labute approximate surface area is 159 Å². The molecule has 0 spiro atoms. The van der Waals surface area contributed by atoms with Gasteiger partial charge in [0.15, 0.2) is 0 Å². The molecule has 0 aliphatic carbocycles. The molecule has 0 unspecified atom stereocenters. The maximum Gasteiger partial charge on any atom is 0.321 e. The summed E-state index contributed by atoms with van der Waals surface area (Å²) in [6, 6.07) is 9.04. The number of piperazine rings is 1. The van der Waals surface area contributed by atoms with Gasteiger partial charge < -0.3 is 24.6 Å².